The first-order valence-corrected chi connectivity index (χ1v) is 14.5. The number of carbonyl (C=O) groups is 3. The number of nitrogens with zero attached hydrogens (tertiary/aromatic N) is 4. The Morgan fingerprint density at radius 1 is 1.18 bits per heavy atom. The van der Waals surface area contributed by atoms with Gasteiger partial charge in [-0.15, -0.1) is 6.42 Å². The Hall–Kier alpha value is -3.59. The molecule has 11 heteroatoms. The number of hydrogen-bond acceptors (Lipinski definition) is 6. The summed E-state index contributed by atoms with van der Waals surface area (Å²) in [7, 11) is 0. The topological polar surface area (TPSA) is 85.4 Å². The van der Waals surface area contributed by atoms with Crippen molar-refractivity contribution in [3.63, 3.8) is 0 Å². The normalized spacial score (nSPS) is 19.4. The van der Waals surface area contributed by atoms with Gasteiger partial charge < -0.3 is 19.9 Å². The van der Waals surface area contributed by atoms with Crippen LogP contribution in [0.25, 0.3) is 0 Å². The molecule has 2 aromatic rings. The first-order valence-electron chi connectivity index (χ1n) is 13.1. The number of halogens is 1. The molecule has 4 amide bonds. The van der Waals surface area contributed by atoms with E-state index in [4.69, 9.17) is 11.2 Å². The summed E-state index contributed by atoms with van der Waals surface area (Å²) in [5, 5.41) is 5.99. The second-order valence-electron chi connectivity index (χ2n) is 9.56. The van der Waals surface area contributed by atoms with Gasteiger partial charge in [-0.05, 0) is 41.7 Å². The second-order valence-corrected chi connectivity index (χ2v) is 10.5. The van der Waals surface area contributed by atoms with E-state index in [-0.39, 0.29) is 57.0 Å². The minimum Gasteiger partial charge on any atom is -0.375 e. The lowest BCUT2D eigenvalue weighted by Gasteiger charge is -2.54. The molecular weight excluding hydrogens is 533 g/mol. The van der Waals surface area contributed by atoms with E-state index < -0.39 is 18.2 Å². The lowest BCUT2D eigenvalue weighted by Crippen LogP contribution is -2.76. The van der Waals surface area contributed by atoms with Crippen LogP contribution in [0.4, 0.5) is 9.18 Å². The quantitative estimate of drug-likeness (QED) is 0.332. The number of nitrogens with one attached hydrogen (secondary N) is 1. The average molecular weight is 568 g/mol. The van der Waals surface area contributed by atoms with Crippen molar-refractivity contribution in [2.45, 2.75) is 31.8 Å². The van der Waals surface area contributed by atoms with Crippen LogP contribution in [-0.2, 0) is 27.5 Å². The Bertz CT molecular complexity index is 1230. The first kappa shape index (κ1) is 29.4. The van der Waals surface area contributed by atoms with Gasteiger partial charge in [0.15, 0.2) is 0 Å². The van der Waals surface area contributed by atoms with E-state index in [1.807, 2.05) is 36.6 Å². The van der Waals surface area contributed by atoms with Crippen molar-refractivity contribution in [2.75, 3.05) is 44.8 Å². The molecule has 0 spiro atoms. The third-order valence-electron chi connectivity index (χ3n) is 6.86. The molecule has 2 fully saturated rings. The van der Waals surface area contributed by atoms with Crippen LogP contribution in [0, 0.1) is 18.2 Å². The van der Waals surface area contributed by atoms with Gasteiger partial charge in [-0.1, -0.05) is 48.4 Å². The minimum atomic E-state index is -0.724. The van der Waals surface area contributed by atoms with Crippen molar-refractivity contribution in [1.29, 1.82) is 0 Å². The van der Waals surface area contributed by atoms with Crippen molar-refractivity contribution < 1.29 is 23.5 Å². The van der Waals surface area contributed by atoms with Gasteiger partial charge >= 0.3 is 6.03 Å². The molecule has 2 aliphatic rings. The summed E-state index contributed by atoms with van der Waals surface area (Å²) in [5.41, 5.74) is 1.62. The molecule has 9 nitrogen and oxygen atoms in total. The van der Waals surface area contributed by atoms with Crippen LogP contribution in [-0.4, -0.2) is 94.7 Å². The third-order valence-corrected chi connectivity index (χ3v) is 7.50. The largest absolute Gasteiger partial charge is 0.375 e. The summed E-state index contributed by atoms with van der Waals surface area (Å²) >= 11 is 1.59. The minimum absolute atomic E-state index is 0.0645. The summed E-state index contributed by atoms with van der Waals surface area (Å²) in [6.45, 7) is 1.06. The number of carbonyl (C=O) groups excluding carboxylic acids is 3. The predicted octanol–water partition coefficient (Wildman–Crippen LogP) is 2.54. The summed E-state index contributed by atoms with van der Waals surface area (Å²) in [5.74, 6) is 2.45. The molecule has 0 bridgehead atoms. The monoisotopic (exact) mass is 567 g/mol. The fraction of sp³-hybridized carbons (Fsp3) is 0.414. The van der Waals surface area contributed by atoms with E-state index in [9.17, 15) is 18.8 Å². The third kappa shape index (κ3) is 7.13. The Kier molecular flexibility index (Phi) is 10.4. The lowest BCUT2D eigenvalue weighted by molar-refractivity contribution is -0.189. The maximum Gasteiger partial charge on any atom is 0.334 e. The summed E-state index contributed by atoms with van der Waals surface area (Å²) in [6.07, 6.45) is 7.27. The van der Waals surface area contributed by atoms with Gasteiger partial charge in [0.1, 0.15) is 18.0 Å². The first-order chi connectivity index (χ1) is 19.4. The van der Waals surface area contributed by atoms with Crippen molar-refractivity contribution in [3.8, 4) is 12.3 Å². The van der Waals surface area contributed by atoms with Crippen molar-refractivity contribution in [3.05, 3.63) is 71.5 Å². The van der Waals surface area contributed by atoms with Crippen LogP contribution in [0.1, 0.15) is 17.5 Å². The molecule has 4 rings (SSSR count). The molecule has 0 aromatic heterocycles. The highest BCUT2D eigenvalue weighted by molar-refractivity contribution is 7.98. The van der Waals surface area contributed by atoms with E-state index in [0.717, 1.165) is 5.56 Å². The maximum atomic E-state index is 13.6. The van der Waals surface area contributed by atoms with Crippen LogP contribution in [0.3, 0.4) is 0 Å². The number of hydrogen-bond donors (Lipinski definition) is 1. The summed E-state index contributed by atoms with van der Waals surface area (Å²) in [4.78, 5) is 43.7. The number of terminal acetylenes is 1. The number of benzene rings is 2. The van der Waals surface area contributed by atoms with Gasteiger partial charge in [-0.25, -0.2) is 14.2 Å². The Morgan fingerprint density at radius 3 is 2.67 bits per heavy atom. The van der Waals surface area contributed by atoms with Crippen LogP contribution in [0.5, 0.6) is 0 Å². The summed E-state index contributed by atoms with van der Waals surface area (Å²) < 4.78 is 19.2. The van der Waals surface area contributed by atoms with Crippen LogP contribution < -0.4 is 5.32 Å². The molecule has 40 heavy (non-hydrogen) atoms. The zero-order valence-electron chi connectivity index (χ0n) is 22.5. The maximum absolute atomic E-state index is 13.6. The van der Waals surface area contributed by atoms with Gasteiger partial charge in [0.05, 0.1) is 32.8 Å². The molecule has 0 radical (unpaired) electrons. The molecule has 0 unspecified atom stereocenters. The van der Waals surface area contributed by atoms with Gasteiger partial charge in [0.25, 0.3) is 0 Å². The van der Waals surface area contributed by atoms with E-state index in [1.165, 1.54) is 17.1 Å². The SMILES string of the molecule is C#CCN1CC(=O)N2[C@@H](CCSC)C(=O)N(CCOCc3cccc(F)c3)C[C@@H]2N1C(=O)NCc1ccccc1. The van der Waals surface area contributed by atoms with Gasteiger partial charge in [0.2, 0.25) is 11.8 Å². The molecule has 2 heterocycles. The number of hydrazine groups is 1. The van der Waals surface area contributed by atoms with Crippen molar-refractivity contribution >= 4 is 29.6 Å². The van der Waals surface area contributed by atoms with E-state index in [2.05, 4.69) is 11.2 Å². The number of piperazine rings is 1. The number of amides is 4. The van der Waals surface area contributed by atoms with Crippen LogP contribution in [0.15, 0.2) is 54.6 Å². The predicted molar refractivity (Wildman–Crippen MR) is 151 cm³/mol. The lowest BCUT2D eigenvalue weighted by atomic mass is 10.0. The highest BCUT2D eigenvalue weighted by Crippen LogP contribution is 2.28. The van der Waals surface area contributed by atoms with Gasteiger partial charge in [-0.2, -0.15) is 16.8 Å². The Labute approximate surface area is 238 Å². The molecule has 2 aliphatic heterocycles. The number of urea groups is 1. The second kappa shape index (κ2) is 14.2. The average Bonchev–Trinajstić information content (AvgIpc) is 2.95. The molecule has 2 saturated heterocycles. The molecule has 1 N–H and O–H groups in total. The van der Waals surface area contributed by atoms with E-state index in [1.54, 1.807) is 38.7 Å². The standard InChI is InChI=1S/C29H34FN5O4S/c1-3-13-33-20-27(36)34-25(12-16-40-2)28(37)32(14-15-39-21-23-10-7-11-24(30)17-23)19-26(34)35(33)29(38)31-18-22-8-5-4-6-9-22/h1,4-11,17,25-26H,12-16,18-21H2,2H3,(H,31,38)/t25-,26-/m0/s1. The summed E-state index contributed by atoms with van der Waals surface area (Å²) in [6, 6.07) is 14.6. The Morgan fingerprint density at radius 2 is 1.95 bits per heavy atom. The van der Waals surface area contributed by atoms with Gasteiger partial charge in [-0.3, -0.25) is 9.59 Å². The van der Waals surface area contributed by atoms with Crippen LogP contribution in [0.2, 0.25) is 0 Å². The zero-order valence-corrected chi connectivity index (χ0v) is 23.3. The van der Waals surface area contributed by atoms with Crippen molar-refractivity contribution in [1.82, 2.24) is 25.1 Å². The van der Waals surface area contributed by atoms with Crippen molar-refractivity contribution in [2.24, 2.45) is 0 Å². The van der Waals surface area contributed by atoms with E-state index in [0.29, 0.717) is 24.3 Å². The Balaban J connectivity index is 1.52. The van der Waals surface area contributed by atoms with Gasteiger partial charge in [0, 0.05) is 13.1 Å². The van der Waals surface area contributed by atoms with E-state index >= 15 is 0 Å². The number of thioether (sulfide) groups is 1. The molecule has 2 atom stereocenters. The number of rotatable bonds is 11. The molecule has 2 aromatic carbocycles. The molecule has 0 saturated carbocycles. The zero-order chi connectivity index (χ0) is 28.5. The molecule has 0 aliphatic carbocycles. The highest BCUT2D eigenvalue weighted by atomic mass is 32.2. The highest BCUT2D eigenvalue weighted by Gasteiger charge is 2.51. The van der Waals surface area contributed by atoms with Crippen LogP contribution >= 0.6 is 11.8 Å². The molecule has 212 valence electrons. The fourth-order valence-corrected chi connectivity index (χ4v) is 5.45. The molecular formula is C29H34FN5O4S. The fourth-order valence-electron chi connectivity index (χ4n) is 4.99. The number of ether oxygens (including phenoxy) is 1. The number of fused-ring (bicyclic) bond motifs is 1. The smallest absolute Gasteiger partial charge is 0.334 e.